The molecule has 0 unspecified atom stereocenters. The molecule has 3 saturated carbocycles. The van der Waals surface area contributed by atoms with Gasteiger partial charge in [-0.1, -0.05) is 12.8 Å². The number of rotatable bonds is 4. The fourth-order valence-electron chi connectivity index (χ4n) is 4.88. The summed E-state index contributed by atoms with van der Waals surface area (Å²) in [7, 11) is 0. The molecule has 6 heteroatoms. The van der Waals surface area contributed by atoms with Crippen molar-refractivity contribution >= 4 is 11.9 Å². The van der Waals surface area contributed by atoms with Crippen molar-refractivity contribution in [3.8, 4) is 0 Å². The Morgan fingerprint density at radius 3 is 2.58 bits per heavy atom. The van der Waals surface area contributed by atoms with Gasteiger partial charge in [0.2, 0.25) is 0 Å². The van der Waals surface area contributed by atoms with Crippen LogP contribution in [0, 0.1) is 17.8 Å². The smallest absolute Gasteiger partial charge is 0.306 e. The van der Waals surface area contributed by atoms with Crippen LogP contribution < -0.4 is 5.32 Å². The van der Waals surface area contributed by atoms with Gasteiger partial charge < -0.3 is 10.4 Å². The zero-order chi connectivity index (χ0) is 16.7. The molecule has 1 amide bonds. The number of carbonyl (C=O) groups is 2. The maximum Gasteiger partial charge on any atom is 0.306 e. The lowest BCUT2D eigenvalue weighted by atomic mass is 9.86. The Balaban J connectivity index is 1.41. The van der Waals surface area contributed by atoms with Crippen LogP contribution in [-0.2, 0) is 4.79 Å². The SMILES string of the molecule is O=C(N[C@@H]1C[C@H]2C[C@@H]1C[C@H]2C(=O)O)c1ccnc(C2CCCC2)n1. The minimum Gasteiger partial charge on any atom is -0.481 e. The Morgan fingerprint density at radius 1 is 1.12 bits per heavy atom. The van der Waals surface area contributed by atoms with E-state index < -0.39 is 5.97 Å². The number of hydrogen-bond acceptors (Lipinski definition) is 4. The number of amides is 1. The number of nitrogens with zero attached hydrogens (tertiary/aromatic N) is 2. The molecule has 0 saturated heterocycles. The Hall–Kier alpha value is -1.98. The highest BCUT2D eigenvalue weighted by atomic mass is 16.4. The Bertz CT molecular complexity index is 657. The predicted molar refractivity (Wildman–Crippen MR) is 86.5 cm³/mol. The summed E-state index contributed by atoms with van der Waals surface area (Å²) in [4.78, 5) is 32.6. The molecular weight excluding hydrogens is 306 g/mol. The number of nitrogens with one attached hydrogen (secondary N) is 1. The zero-order valence-corrected chi connectivity index (χ0v) is 13.6. The van der Waals surface area contributed by atoms with Crippen LogP contribution in [0.1, 0.15) is 67.2 Å². The lowest BCUT2D eigenvalue weighted by Gasteiger charge is -2.26. The molecule has 4 atom stereocenters. The van der Waals surface area contributed by atoms with E-state index in [0.717, 1.165) is 31.5 Å². The van der Waals surface area contributed by atoms with Crippen molar-refractivity contribution in [3.63, 3.8) is 0 Å². The van der Waals surface area contributed by atoms with Crippen LogP contribution in [0.15, 0.2) is 12.3 Å². The quantitative estimate of drug-likeness (QED) is 0.884. The fraction of sp³-hybridized carbons (Fsp3) is 0.667. The molecule has 128 valence electrons. The summed E-state index contributed by atoms with van der Waals surface area (Å²) >= 11 is 0. The average molecular weight is 329 g/mol. The second-order valence-electron chi connectivity index (χ2n) is 7.53. The number of carboxylic acid groups (broad SMARTS) is 1. The third-order valence-corrected chi connectivity index (χ3v) is 6.12. The summed E-state index contributed by atoms with van der Waals surface area (Å²) in [6, 6.07) is 1.75. The van der Waals surface area contributed by atoms with E-state index in [-0.39, 0.29) is 29.7 Å². The Morgan fingerprint density at radius 2 is 1.92 bits per heavy atom. The first-order chi connectivity index (χ1) is 11.6. The molecular formula is C18H23N3O3. The molecule has 3 fully saturated rings. The molecule has 6 nitrogen and oxygen atoms in total. The van der Waals surface area contributed by atoms with Crippen LogP contribution in [0.3, 0.4) is 0 Å². The summed E-state index contributed by atoms with van der Waals surface area (Å²) < 4.78 is 0. The third kappa shape index (κ3) is 2.78. The van der Waals surface area contributed by atoms with Gasteiger partial charge in [-0.2, -0.15) is 0 Å². The summed E-state index contributed by atoms with van der Waals surface area (Å²) in [5, 5.41) is 12.3. The lowest BCUT2D eigenvalue weighted by molar-refractivity contribution is -0.143. The van der Waals surface area contributed by atoms with Gasteiger partial charge in [-0.25, -0.2) is 9.97 Å². The van der Waals surface area contributed by atoms with Crippen LogP contribution in [0.5, 0.6) is 0 Å². The van der Waals surface area contributed by atoms with Crippen molar-refractivity contribution in [1.82, 2.24) is 15.3 Å². The van der Waals surface area contributed by atoms with Crippen molar-refractivity contribution in [2.45, 2.75) is 56.9 Å². The first-order valence-corrected chi connectivity index (χ1v) is 8.98. The summed E-state index contributed by atoms with van der Waals surface area (Å²) in [6.07, 6.45) is 8.68. The number of carboxylic acids is 1. The number of aliphatic carboxylic acids is 1. The normalized spacial score (nSPS) is 32.2. The van der Waals surface area contributed by atoms with Crippen LogP contribution in [0.2, 0.25) is 0 Å². The molecule has 1 aromatic rings. The van der Waals surface area contributed by atoms with E-state index in [1.54, 1.807) is 12.3 Å². The van der Waals surface area contributed by atoms with Crippen LogP contribution >= 0.6 is 0 Å². The Kier molecular flexibility index (Phi) is 3.98. The van der Waals surface area contributed by atoms with Gasteiger partial charge in [-0.05, 0) is 50.0 Å². The number of carbonyl (C=O) groups excluding carboxylic acids is 1. The number of hydrogen-bond donors (Lipinski definition) is 2. The molecule has 0 spiro atoms. The van der Waals surface area contributed by atoms with E-state index >= 15 is 0 Å². The van der Waals surface area contributed by atoms with E-state index in [0.29, 0.717) is 18.0 Å². The average Bonchev–Trinajstić information content (AvgIpc) is 3.31. The maximum atomic E-state index is 12.5. The highest BCUT2D eigenvalue weighted by Gasteiger charge is 2.49. The number of aromatic nitrogens is 2. The summed E-state index contributed by atoms with van der Waals surface area (Å²) in [6.45, 7) is 0. The zero-order valence-electron chi connectivity index (χ0n) is 13.6. The lowest BCUT2D eigenvalue weighted by Crippen LogP contribution is -2.41. The van der Waals surface area contributed by atoms with Crippen molar-refractivity contribution in [1.29, 1.82) is 0 Å². The monoisotopic (exact) mass is 329 g/mol. The second kappa shape index (κ2) is 6.15. The van der Waals surface area contributed by atoms with Crippen LogP contribution in [-0.4, -0.2) is 33.0 Å². The molecule has 3 aliphatic carbocycles. The van der Waals surface area contributed by atoms with Gasteiger partial charge in [0.25, 0.3) is 5.91 Å². The van der Waals surface area contributed by atoms with Gasteiger partial charge in [0.15, 0.2) is 0 Å². The topological polar surface area (TPSA) is 92.2 Å². The molecule has 1 heterocycles. The van der Waals surface area contributed by atoms with Crippen molar-refractivity contribution < 1.29 is 14.7 Å². The molecule has 0 aliphatic heterocycles. The van der Waals surface area contributed by atoms with Gasteiger partial charge in [0.1, 0.15) is 11.5 Å². The van der Waals surface area contributed by atoms with Crippen LogP contribution in [0.25, 0.3) is 0 Å². The van der Waals surface area contributed by atoms with Crippen molar-refractivity contribution in [3.05, 3.63) is 23.8 Å². The first kappa shape index (κ1) is 15.5. The standard InChI is InChI=1S/C18H23N3O3/c22-17(14-5-6-19-16(20-14)10-3-1-2-4-10)21-15-9-11-7-12(15)8-13(11)18(23)24/h5-6,10-13,15H,1-4,7-9H2,(H,21,22)(H,23,24)/t11-,12-,13-,15-/m1/s1. The molecule has 0 radical (unpaired) electrons. The van der Waals surface area contributed by atoms with Gasteiger partial charge in [0.05, 0.1) is 5.92 Å². The minimum absolute atomic E-state index is 0.0861. The summed E-state index contributed by atoms with van der Waals surface area (Å²) in [5.41, 5.74) is 0.435. The third-order valence-electron chi connectivity index (χ3n) is 6.12. The Labute approximate surface area is 141 Å². The van der Waals surface area contributed by atoms with E-state index in [1.165, 1.54) is 12.8 Å². The number of fused-ring (bicyclic) bond motifs is 2. The maximum absolute atomic E-state index is 12.5. The molecule has 1 aromatic heterocycles. The molecule has 4 rings (SSSR count). The minimum atomic E-state index is -0.690. The van der Waals surface area contributed by atoms with E-state index in [4.69, 9.17) is 0 Å². The van der Waals surface area contributed by atoms with Gasteiger partial charge in [-0.3, -0.25) is 9.59 Å². The van der Waals surface area contributed by atoms with Crippen molar-refractivity contribution in [2.75, 3.05) is 0 Å². The fourth-order valence-corrected chi connectivity index (χ4v) is 4.88. The van der Waals surface area contributed by atoms with Gasteiger partial charge >= 0.3 is 5.97 Å². The van der Waals surface area contributed by atoms with E-state index in [1.807, 2.05) is 0 Å². The molecule has 3 aliphatic rings. The largest absolute Gasteiger partial charge is 0.481 e. The molecule has 0 aromatic carbocycles. The van der Waals surface area contributed by atoms with Gasteiger partial charge in [-0.15, -0.1) is 0 Å². The molecule has 24 heavy (non-hydrogen) atoms. The van der Waals surface area contributed by atoms with E-state index in [9.17, 15) is 14.7 Å². The predicted octanol–water partition coefficient (Wildman–Crippen LogP) is 2.36. The van der Waals surface area contributed by atoms with Crippen molar-refractivity contribution in [2.24, 2.45) is 17.8 Å². The van der Waals surface area contributed by atoms with Gasteiger partial charge in [0, 0.05) is 18.2 Å². The van der Waals surface area contributed by atoms with E-state index in [2.05, 4.69) is 15.3 Å². The first-order valence-electron chi connectivity index (χ1n) is 8.98. The molecule has 2 N–H and O–H groups in total. The second-order valence-corrected chi connectivity index (χ2v) is 7.53. The van der Waals surface area contributed by atoms with Crippen LogP contribution in [0.4, 0.5) is 0 Å². The highest BCUT2D eigenvalue weighted by Crippen LogP contribution is 2.48. The molecule has 2 bridgehead atoms. The highest BCUT2D eigenvalue weighted by molar-refractivity contribution is 5.92. The summed E-state index contributed by atoms with van der Waals surface area (Å²) in [5.74, 6) is 0.602.